The zero-order valence-electron chi connectivity index (χ0n) is 54.5. The number of hydrogen-bond acceptors (Lipinski definition) is 5. The summed E-state index contributed by atoms with van der Waals surface area (Å²) in [6.45, 7) is 6.95. The summed E-state index contributed by atoms with van der Waals surface area (Å²) in [5.41, 5.74) is 11.5. The van der Waals surface area contributed by atoms with Gasteiger partial charge in [0, 0.05) is 65.0 Å². The van der Waals surface area contributed by atoms with Crippen molar-refractivity contribution in [3.8, 4) is 55.8 Å². The van der Waals surface area contributed by atoms with Crippen LogP contribution in [0.2, 0.25) is 0 Å². The van der Waals surface area contributed by atoms with Gasteiger partial charge in [-0.05, 0) is 141 Å². The molecule has 7 heterocycles. The number of aromatic nitrogens is 7. The molecule has 14 aromatic rings. The first-order chi connectivity index (χ1) is 42.9. The molecule has 386 valence electrons. The van der Waals surface area contributed by atoms with Crippen LogP contribution in [0.4, 0.5) is 0 Å². The molecule has 0 saturated carbocycles. The van der Waals surface area contributed by atoms with Gasteiger partial charge in [0.2, 0.25) is 0 Å². The summed E-state index contributed by atoms with van der Waals surface area (Å²) in [6, 6.07) is 64.0. The third-order valence-corrected chi connectivity index (χ3v) is 15.0. The summed E-state index contributed by atoms with van der Waals surface area (Å²) in [5, 5.41) is 12.1. The van der Waals surface area contributed by atoms with E-state index in [2.05, 4.69) is 36.4 Å². The van der Waals surface area contributed by atoms with Gasteiger partial charge in [0.15, 0.2) is 0 Å². The van der Waals surface area contributed by atoms with Crippen LogP contribution in [0.3, 0.4) is 0 Å². The van der Waals surface area contributed by atoms with Crippen LogP contribution in [0, 0.1) is 0 Å². The predicted molar refractivity (Wildman–Crippen MR) is 330 cm³/mol. The van der Waals surface area contributed by atoms with Crippen molar-refractivity contribution in [2.24, 2.45) is 0 Å². The summed E-state index contributed by atoms with van der Waals surface area (Å²) in [5.74, 6) is -2.18. The third kappa shape index (κ3) is 8.95. The number of hydrogen-bond donors (Lipinski definition) is 0. The lowest BCUT2D eigenvalue weighted by Gasteiger charge is -2.18. The Bertz CT molecular complexity index is 4950. The standard InChI is InChI=1S/C73H59N7/c1-46(2)65-41-70-62-38-50(43-75-72(62)59-23-13-15-25-68(59)79(70)77-65)29-27-48-35-49(28-30-51-39-63-71-42-66(47(3)4)78-80(71)69-26-16-14-24-60(69)73(63)76-44-51)37-56(36-48)57-21-11-12-22-58(57)64-45-74-67(55-19-9-6-10-20-55)40-61(64)54-33-31-53(32-34-54)52-17-7-5-8-18-52/h5-26,31-47H,27-30H2,1-4H3/i27D2,28D2,29D2,30D2,46D,47D. The van der Waals surface area contributed by atoms with Crippen LogP contribution in [0.25, 0.3) is 110 Å². The largest absolute Gasteiger partial charge is 0.256 e. The lowest BCUT2D eigenvalue weighted by molar-refractivity contribution is 0.796. The average molecular weight is 1040 g/mol. The minimum Gasteiger partial charge on any atom is -0.256 e. The van der Waals surface area contributed by atoms with Gasteiger partial charge >= 0.3 is 0 Å². The van der Waals surface area contributed by atoms with E-state index in [9.17, 15) is 11.0 Å². The van der Waals surface area contributed by atoms with E-state index in [1.165, 1.54) is 30.6 Å². The first kappa shape index (κ1) is 38.9. The number of aryl methyl sites for hydroxylation is 4. The Morgan fingerprint density at radius 3 is 1.36 bits per heavy atom. The van der Waals surface area contributed by atoms with Crippen LogP contribution in [0.1, 0.15) is 86.8 Å². The van der Waals surface area contributed by atoms with Crippen molar-refractivity contribution in [1.29, 1.82) is 0 Å². The van der Waals surface area contributed by atoms with Gasteiger partial charge in [-0.25, -0.2) is 9.03 Å². The van der Waals surface area contributed by atoms with Crippen molar-refractivity contribution < 1.29 is 13.7 Å². The summed E-state index contributed by atoms with van der Waals surface area (Å²) in [6.07, 6.45) is -7.23. The Morgan fingerprint density at radius 2 is 0.812 bits per heavy atom. The maximum Gasteiger partial charge on any atom is 0.0817 e. The maximum atomic E-state index is 10.2. The molecule has 0 bridgehead atoms. The SMILES string of the molecule is [2H]C(C)(C)c1cc2c3cc(C([2H])([2H])C([2H])([2H])c4cc(-c5ccccc5-c5cnc(-c6ccccc6)cc5-c5ccc(-c6ccccc6)cc5)cc(C([2H])([2H])C([2H])([2H])c5cnc6c7ccccc7n7nc(C([2H])(C)C)cc7c6c5)c4)cnc3c3ccccc3n2n1. The van der Waals surface area contributed by atoms with Gasteiger partial charge in [0.05, 0.1) is 50.2 Å². The smallest absolute Gasteiger partial charge is 0.0817 e. The van der Waals surface area contributed by atoms with Crippen molar-refractivity contribution in [2.45, 2.75) is 65.0 Å². The molecule has 7 aromatic heterocycles. The van der Waals surface area contributed by atoms with Crippen LogP contribution in [0.15, 0.2) is 225 Å². The Balaban J connectivity index is 0.968. The molecule has 7 heteroatoms. The fourth-order valence-electron chi connectivity index (χ4n) is 10.9. The van der Waals surface area contributed by atoms with Crippen molar-refractivity contribution in [2.75, 3.05) is 0 Å². The van der Waals surface area contributed by atoms with E-state index in [4.69, 9.17) is 27.9 Å². The van der Waals surface area contributed by atoms with Crippen LogP contribution < -0.4 is 0 Å². The highest BCUT2D eigenvalue weighted by molar-refractivity contribution is 6.11. The van der Waals surface area contributed by atoms with Crippen LogP contribution in [-0.2, 0) is 25.5 Å². The topological polar surface area (TPSA) is 73.3 Å². The summed E-state index contributed by atoms with van der Waals surface area (Å²) in [4.78, 5) is 14.7. The number of rotatable bonds is 13. The maximum absolute atomic E-state index is 10.2. The molecule has 14 rings (SSSR count). The summed E-state index contributed by atoms with van der Waals surface area (Å²) < 4.78 is 102. The predicted octanol–water partition coefficient (Wildman–Crippen LogP) is 17.9. The number of pyridine rings is 5. The zero-order valence-corrected chi connectivity index (χ0v) is 44.5. The van der Waals surface area contributed by atoms with Gasteiger partial charge in [0.25, 0.3) is 0 Å². The van der Waals surface area contributed by atoms with Crippen molar-refractivity contribution >= 4 is 54.6 Å². The fourth-order valence-corrected chi connectivity index (χ4v) is 10.9. The Labute approximate surface area is 480 Å². The molecule has 0 N–H and O–H groups in total. The van der Waals surface area contributed by atoms with Gasteiger partial charge in [-0.3, -0.25) is 15.0 Å². The van der Waals surface area contributed by atoms with Crippen LogP contribution in [0.5, 0.6) is 0 Å². The molecule has 0 fully saturated rings. The molecule has 7 nitrogen and oxygen atoms in total. The van der Waals surface area contributed by atoms with Crippen molar-refractivity contribution in [3.63, 3.8) is 0 Å². The van der Waals surface area contributed by atoms with Crippen molar-refractivity contribution in [1.82, 2.24) is 34.2 Å². The second-order valence-electron chi connectivity index (χ2n) is 20.7. The van der Waals surface area contributed by atoms with E-state index >= 15 is 0 Å². The highest BCUT2D eigenvalue weighted by Gasteiger charge is 2.20. The zero-order chi connectivity index (χ0) is 62.9. The Hall–Kier alpha value is -9.59. The van der Waals surface area contributed by atoms with Gasteiger partial charge in [0.1, 0.15) is 0 Å². The van der Waals surface area contributed by atoms with E-state index in [-0.39, 0.29) is 22.3 Å². The molecule has 0 radical (unpaired) electrons. The molecular weight excluding hydrogens is 975 g/mol. The molecule has 0 amide bonds. The second-order valence-corrected chi connectivity index (χ2v) is 20.7. The quantitative estimate of drug-likeness (QED) is 0.108. The molecule has 0 aliphatic heterocycles. The first-order valence-electron chi connectivity index (χ1n) is 31.8. The highest BCUT2D eigenvalue weighted by atomic mass is 15.2. The number of nitrogens with zero attached hydrogens (tertiary/aromatic N) is 7. The molecule has 0 aliphatic rings. The number of benzene rings is 7. The minimum atomic E-state index is -2.97. The van der Waals surface area contributed by atoms with Crippen molar-refractivity contribution in [3.05, 3.63) is 258 Å². The average Bonchev–Trinajstić information content (AvgIpc) is 1.36. The van der Waals surface area contributed by atoms with E-state index in [0.717, 1.165) is 55.3 Å². The minimum absolute atomic E-state index is 0.110. The van der Waals surface area contributed by atoms with Gasteiger partial charge in [-0.2, -0.15) is 10.2 Å². The molecule has 0 spiro atoms. The molecule has 7 aromatic carbocycles. The third-order valence-electron chi connectivity index (χ3n) is 15.0. The van der Waals surface area contributed by atoms with Gasteiger partial charge in [-0.15, -0.1) is 0 Å². The lowest BCUT2D eigenvalue weighted by Crippen LogP contribution is -2.00. The van der Waals surface area contributed by atoms with E-state index < -0.39 is 37.3 Å². The molecular formula is C73H59N7. The summed E-state index contributed by atoms with van der Waals surface area (Å²) in [7, 11) is 0. The molecule has 0 aliphatic carbocycles. The molecule has 80 heavy (non-hydrogen) atoms. The molecule has 0 saturated heterocycles. The Morgan fingerprint density at radius 1 is 0.350 bits per heavy atom. The first-order valence-corrected chi connectivity index (χ1v) is 26.8. The van der Waals surface area contributed by atoms with E-state index in [0.29, 0.717) is 66.5 Å². The van der Waals surface area contributed by atoms with Gasteiger partial charge in [-0.1, -0.05) is 191 Å². The monoisotopic (exact) mass is 1040 g/mol. The number of para-hydroxylation sites is 2. The Kier molecular flexibility index (Phi) is 9.88. The lowest BCUT2D eigenvalue weighted by atomic mass is 9.87. The molecule has 0 unspecified atom stereocenters. The van der Waals surface area contributed by atoms with E-state index in [1.807, 2.05) is 134 Å². The van der Waals surface area contributed by atoms with Gasteiger partial charge < -0.3 is 0 Å². The normalized spacial score (nSPS) is 14.8. The number of fused-ring (bicyclic) bond motifs is 12. The fraction of sp³-hybridized carbons (Fsp3) is 0.137. The molecule has 0 atom stereocenters. The second kappa shape index (κ2) is 20.3. The van der Waals surface area contributed by atoms with Crippen LogP contribution >= 0.6 is 0 Å². The van der Waals surface area contributed by atoms with E-state index in [1.54, 1.807) is 61.0 Å². The summed E-state index contributed by atoms with van der Waals surface area (Å²) >= 11 is 0. The van der Waals surface area contributed by atoms with Crippen LogP contribution in [-0.4, -0.2) is 34.2 Å². The highest BCUT2D eigenvalue weighted by Crippen LogP contribution is 2.41.